The minimum absolute atomic E-state index is 0.0866. The van der Waals surface area contributed by atoms with Crippen LogP contribution in [-0.2, 0) is 4.79 Å². The number of benzene rings is 1. The molecule has 0 atom stereocenters. The summed E-state index contributed by atoms with van der Waals surface area (Å²) in [6.07, 6.45) is 1.38. The minimum Gasteiger partial charge on any atom is -0.486 e. The topological polar surface area (TPSA) is 26.3 Å². The molecule has 0 fully saturated rings. The van der Waals surface area contributed by atoms with Crippen LogP contribution in [0.3, 0.4) is 0 Å². The van der Waals surface area contributed by atoms with Gasteiger partial charge in [0.25, 0.3) is 0 Å². The summed E-state index contributed by atoms with van der Waals surface area (Å²) in [5, 5.41) is 0.904. The van der Waals surface area contributed by atoms with Gasteiger partial charge in [0.15, 0.2) is 5.78 Å². The lowest BCUT2D eigenvalue weighted by atomic mass is 10.2. The molecular weight excluding hydrogens is 235 g/mol. The van der Waals surface area contributed by atoms with Gasteiger partial charge in [0.05, 0.1) is 10.0 Å². The van der Waals surface area contributed by atoms with E-state index in [1.54, 1.807) is 18.2 Å². The van der Waals surface area contributed by atoms with Crippen molar-refractivity contribution in [1.29, 1.82) is 0 Å². The monoisotopic (exact) mass is 246 g/mol. The van der Waals surface area contributed by atoms with Gasteiger partial charge in [0, 0.05) is 12.5 Å². The van der Waals surface area contributed by atoms with Crippen LogP contribution in [0.4, 0.5) is 0 Å². The molecule has 0 saturated carbocycles. The van der Waals surface area contributed by atoms with Crippen molar-refractivity contribution >= 4 is 29.0 Å². The van der Waals surface area contributed by atoms with Crippen LogP contribution in [0, 0.1) is 0 Å². The first-order valence-electron chi connectivity index (χ1n) is 4.73. The third kappa shape index (κ3) is 4.10. The van der Waals surface area contributed by atoms with E-state index in [0.717, 1.165) is 6.42 Å². The molecule has 1 rings (SSSR count). The van der Waals surface area contributed by atoms with Crippen LogP contribution in [-0.4, -0.2) is 12.4 Å². The maximum absolute atomic E-state index is 11.2. The summed E-state index contributed by atoms with van der Waals surface area (Å²) >= 11 is 11.5. The van der Waals surface area contributed by atoms with Gasteiger partial charge >= 0.3 is 0 Å². The van der Waals surface area contributed by atoms with Gasteiger partial charge in [-0.15, -0.1) is 0 Å². The van der Waals surface area contributed by atoms with Crippen LogP contribution in [0.5, 0.6) is 5.75 Å². The van der Waals surface area contributed by atoms with E-state index in [2.05, 4.69) is 0 Å². The van der Waals surface area contributed by atoms with Crippen molar-refractivity contribution in [3.63, 3.8) is 0 Å². The standard InChI is InChI=1S/C11H12Cl2O2/c1-2-3-8(14)7-15-9-4-5-10(12)11(13)6-9/h4-6H,2-3,7H2,1H3. The largest absolute Gasteiger partial charge is 0.486 e. The molecule has 0 radical (unpaired) electrons. The highest BCUT2D eigenvalue weighted by atomic mass is 35.5. The lowest BCUT2D eigenvalue weighted by Crippen LogP contribution is -2.10. The first-order valence-corrected chi connectivity index (χ1v) is 5.48. The number of halogens is 2. The molecule has 0 heterocycles. The van der Waals surface area contributed by atoms with Crippen LogP contribution >= 0.6 is 23.2 Å². The average Bonchev–Trinajstić information content (AvgIpc) is 2.20. The third-order valence-corrected chi connectivity index (χ3v) is 2.56. The first-order chi connectivity index (χ1) is 7.13. The molecule has 0 aliphatic rings. The van der Waals surface area contributed by atoms with Crippen LogP contribution < -0.4 is 4.74 Å². The molecule has 0 saturated heterocycles. The van der Waals surface area contributed by atoms with Crippen LogP contribution in [0.1, 0.15) is 19.8 Å². The molecule has 0 amide bonds. The fourth-order valence-corrected chi connectivity index (χ4v) is 1.37. The van der Waals surface area contributed by atoms with Crippen molar-refractivity contribution in [2.75, 3.05) is 6.61 Å². The number of rotatable bonds is 5. The highest BCUT2D eigenvalue weighted by Crippen LogP contribution is 2.26. The van der Waals surface area contributed by atoms with Gasteiger partial charge in [0.1, 0.15) is 12.4 Å². The normalized spacial score (nSPS) is 10.1. The Labute approximate surface area is 99.1 Å². The van der Waals surface area contributed by atoms with Crippen LogP contribution in [0.2, 0.25) is 10.0 Å². The van der Waals surface area contributed by atoms with Gasteiger partial charge in [-0.05, 0) is 18.6 Å². The molecule has 2 nitrogen and oxygen atoms in total. The van der Waals surface area contributed by atoms with Gasteiger partial charge in [0.2, 0.25) is 0 Å². The van der Waals surface area contributed by atoms with Gasteiger partial charge in [-0.2, -0.15) is 0 Å². The summed E-state index contributed by atoms with van der Waals surface area (Å²) in [6, 6.07) is 4.93. The Morgan fingerprint density at radius 3 is 2.67 bits per heavy atom. The van der Waals surface area contributed by atoms with E-state index < -0.39 is 0 Å². The van der Waals surface area contributed by atoms with E-state index in [9.17, 15) is 4.79 Å². The highest BCUT2D eigenvalue weighted by Gasteiger charge is 2.03. The quantitative estimate of drug-likeness (QED) is 0.792. The summed E-state index contributed by atoms with van der Waals surface area (Å²) in [7, 11) is 0. The molecule has 1 aromatic rings. The Balaban J connectivity index is 2.51. The average molecular weight is 247 g/mol. The Bertz CT molecular complexity index is 350. The molecule has 0 bridgehead atoms. The minimum atomic E-state index is 0.0866. The molecule has 4 heteroatoms. The number of hydrogen-bond acceptors (Lipinski definition) is 2. The Morgan fingerprint density at radius 2 is 2.07 bits per heavy atom. The summed E-state index contributed by atoms with van der Waals surface area (Å²) in [5.74, 6) is 0.650. The number of ketones is 1. The Kier molecular flexibility index (Phi) is 4.92. The first kappa shape index (κ1) is 12.3. The molecule has 0 unspecified atom stereocenters. The van der Waals surface area contributed by atoms with Gasteiger partial charge in [-0.1, -0.05) is 30.1 Å². The van der Waals surface area contributed by atoms with E-state index in [1.807, 2.05) is 6.92 Å². The zero-order valence-corrected chi connectivity index (χ0v) is 9.94. The SMILES string of the molecule is CCCC(=O)COc1ccc(Cl)c(Cl)c1. The zero-order valence-electron chi connectivity index (χ0n) is 8.43. The predicted octanol–water partition coefficient (Wildman–Crippen LogP) is 3.74. The lowest BCUT2D eigenvalue weighted by molar-refractivity contribution is -0.121. The van der Waals surface area contributed by atoms with E-state index in [0.29, 0.717) is 22.2 Å². The number of hydrogen-bond donors (Lipinski definition) is 0. The second-order valence-corrected chi connectivity index (χ2v) is 3.97. The molecule has 15 heavy (non-hydrogen) atoms. The number of carbonyl (C=O) groups is 1. The van der Waals surface area contributed by atoms with Crippen molar-refractivity contribution in [2.45, 2.75) is 19.8 Å². The van der Waals surface area contributed by atoms with Crippen LogP contribution in [0.25, 0.3) is 0 Å². The smallest absolute Gasteiger partial charge is 0.170 e. The fraction of sp³-hybridized carbons (Fsp3) is 0.364. The maximum atomic E-state index is 11.2. The molecule has 0 aliphatic carbocycles. The summed E-state index contributed by atoms with van der Waals surface area (Å²) in [4.78, 5) is 11.2. The molecule has 0 N–H and O–H groups in total. The van der Waals surface area contributed by atoms with Crippen molar-refractivity contribution < 1.29 is 9.53 Å². The van der Waals surface area contributed by atoms with Gasteiger partial charge < -0.3 is 4.74 Å². The van der Waals surface area contributed by atoms with Crippen LogP contribution in [0.15, 0.2) is 18.2 Å². The molecule has 1 aromatic carbocycles. The zero-order chi connectivity index (χ0) is 11.3. The Hall–Kier alpha value is -0.730. The fourth-order valence-electron chi connectivity index (χ4n) is 1.08. The summed E-state index contributed by atoms with van der Waals surface area (Å²) in [6.45, 7) is 2.04. The molecular formula is C11H12Cl2O2. The summed E-state index contributed by atoms with van der Waals surface area (Å²) in [5.41, 5.74) is 0. The number of carbonyl (C=O) groups excluding carboxylic acids is 1. The second-order valence-electron chi connectivity index (χ2n) is 3.15. The lowest BCUT2D eigenvalue weighted by Gasteiger charge is -2.05. The third-order valence-electron chi connectivity index (χ3n) is 1.82. The van der Waals surface area contributed by atoms with Crippen molar-refractivity contribution in [1.82, 2.24) is 0 Å². The maximum Gasteiger partial charge on any atom is 0.170 e. The number of Topliss-reactive ketones (excluding diaryl/α,β-unsaturated/α-hetero) is 1. The molecule has 0 spiro atoms. The van der Waals surface area contributed by atoms with Crippen molar-refractivity contribution in [3.05, 3.63) is 28.2 Å². The highest BCUT2D eigenvalue weighted by molar-refractivity contribution is 6.42. The van der Waals surface area contributed by atoms with Gasteiger partial charge in [-0.3, -0.25) is 4.79 Å². The van der Waals surface area contributed by atoms with Gasteiger partial charge in [-0.25, -0.2) is 0 Å². The van der Waals surface area contributed by atoms with E-state index >= 15 is 0 Å². The molecule has 0 aliphatic heterocycles. The van der Waals surface area contributed by atoms with Crippen molar-refractivity contribution in [2.24, 2.45) is 0 Å². The van der Waals surface area contributed by atoms with E-state index in [1.165, 1.54) is 0 Å². The molecule has 82 valence electrons. The van der Waals surface area contributed by atoms with E-state index in [-0.39, 0.29) is 12.4 Å². The summed E-state index contributed by atoms with van der Waals surface area (Å²) < 4.78 is 5.26. The molecule has 0 aromatic heterocycles. The number of ether oxygens (including phenoxy) is 1. The van der Waals surface area contributed by atoms with Crippen molar-refractivity contribution in [3.8, 4) is 5.75 Å². The predicted molar refractivity (Wildman–Crippen MR) is 61.9 cm³/mol. The second kappa shape index (κ2) is 5.99. The Morgan fingerprint density at radius 1 is 1.33 bits per heavy atom. The van der Waals surface area contributed by atoms with E-state index in [4.69, 9.17) is 27.9 Å².